The van der Waals surface area contributed by atoms with Crippen LogP contribution < -0.4 is 16.1 Å². The Labute approximate surface area is 146 Å². The average molecular weight is 353 g/mol. The molecule has 0 saturated heterocycles. The van der Waals surface area contributed by atoms with E-state index in [1.165, 1.54) is 12.3 Å². The summed E-state index contributed by atoms with van der Waals surface area (Å²) in [5.74, 6) is 0.177. The van der Waals surface area contributed by atoms with E-state index in [0.717, 1.165) is 29.0 Å². The number of hydrogen-bond acceptors (Lipinski definition) is 5. The number of aryl methyl sites for hydroxylation is 1. The molecular weight excluding hydrogens is 338 g/mol. The Morgan fingerprint density at radius 1 is 1.08 bits per heavy atom. The van der Waals surface area contributed by atoms with Crippen molar-refractivity contribution in [2.75, 3.05) is 5.01 Å². The molecule has 4 rings (SSSR count). The normalized spacial score (nSPS) is 13.4. The molecule has 26 heavy (non-hydrogen) atoms. The Hall–Kier alpha value is -3.49. The molecule has 0 aliphatic heterocycles. The van der Waals surface area contributed by atoms with Crippen LogP contribution in [0.5, 0.6) is 0 Å². The smallest absolute Gasteiger partial charge is 0.314 e. The predicted molar refractivity (Wildman–Crippen MR) is 95.2 cm³/mol. The van der Waals surface area contributed by atoms with Gasteiger partial charge in [0.05, 0.1) is 11.0 Å². The zero-order valence-corrected chi connectivity index (χ0v) is 13.7. The fraction of sp³-hybridized carbons (Fsp3) is 0.235. The van der Waals surface area contributed by atoms with Crippen LogP contribution in [-0.2, 0) is 12.8 Å². The van der Waals surface area contributed by atoms with Crippen LogP contribution in [0.1, 0.15) is 24.0 Å². The molecule has 132 valence electrons. The number of H-pyrrole nitrogens is 2. The van der Waals surface area contributed by atoms with Gasteiger partial charge in [-0.25, -0.2) is 15.1 Å². The van der Waals surface area contributed by atoms with E-state index < -0.39 is 16.2 Å². The average Bonchev–Trinajstić information content (AvgIpc) is 2.64. The van der Waals surface area contributed by atoms with Crippen molar-refractivity contribution >= 4 is 22.5 Å². The highest BCUT2D eigenvalue weighted by atomic mass is 16.7. The van der Waals surface area contributed by atoms with Crippen molar-refractivity contribution in [1.29, 1.82) is 0 Å². The van der Waals surface area contributed by atoms with Gasteiger partial charge in [-0.15, -0.1) is 0 Å². The summed E-state index contributed by atoms with van der Waals surface area (Å²) in [6.45, 7) is 0. The van der Waals surface area contributed by atoms with Crippen LogP contribution in [0, 0.1) is 10.1 Å². The first-order chi connectivity index (χ1) is 12.6. The van der Waals surface area contributed by atoms with Gasteiger partial charge in [0.2, 0.25) is 0 Å². The first-order valence-electron chi connectivity index (χ1n) is 8.23. The molecule has 0 fully saturated rings. The molecule has 0 atom stereocenters. The third kappa shape index (κ3) is 2.53. The zero-order chi connectivity index (χ0) is 18.3. The molecule has 9 nitrogen and oxygen atoms in total. The molecular formula is C17H15N5O4. The number of benzene rings is 1. The van der Waals surface area contributed by atoms with Crippen LogP contribution in [-0.4, -0.2) is 20.0 Å². The topological polar surface area (TPSA) is 125 Å². The molecule has 0 amide bonds. The molecule has 9 heteroatoms. The van der Waals surface area contributed by atoms with Crippen LogP contribution in [0.25, 0.3) is 11.0 Å². The van der Waals surface area contributed by atoms with Crippen molar-refractivity contribution in [3.8, 4) is 0 Å². The van der Waals surface area contributed by atoms with E-state index in [-0.39, 0.29) is 5.82 Å². The number of rotatable bonds is 3. The van der Waals surface area contributed by atoms with Crippen molar-refractivity contribution in [2.24, 2.45) is 0 Å². The lowest BCUT2D eigenvalue weighted by Gasteiger charge is -2.23. The maximum Gasteiger partial charge on any atom is 0.314 e. The van der Waals surface area contributed by atoms with Crippen molar-refractivity contribution in [1.82, 2.24) is 15.0 Å². The van der Waals surface area contributed by atoms with Crippen molar-refractivity contribution < 1.29 is 5.03 Å². The highest BCUT2D eigenvalue weighted by Gasteiger charge is 2.29. The van der Waals surface area contributed by atoms with E-state index in [2.05, 4.69) is 15.0 Å². The fourth-order valence-electron chi connectivity index (χ4n) is 3.48. The van der Waals surface area contributed by atoms with Gasteiger partial charge in [0, 0.05) is 6.20 Å². The van der Waals surface area contributed by atoms with Gasteiger partial charge in [-0.05, 0) is 60.0 Å². The second-order valence-corrected chi connectivity index (χ2v) is 6.13. The highest BCUT2D eigenvalue weighted by molar-refractivity contribution is 5.86. The first kappa shape index (κ1) is 16.0. The quantitative estimate of drug-likeness (QED) is 0.420. The molecule has 1 aromatic carbocycles. The van der Waals surface area contributed by atoms with E-state index in [9.17, 15) is 19.7 Å². The number of fused-ring (bicyclic) bond motifs is 3. The molecule has 2 heterocycles. The molecule has 0 bridgehead atoms. The molecule has 0 spiro atoms. The van der Waals surface area contributed by atoms with E-state index in [0.29, 0.717) is 29.6 Å². The van der Waals surface area contributed by atoms with E-state index >= 15 is 0 Å². The van der Waals surface area contributed by atoms with Gasteiger partial charge in [-0.1, -0.05) is 6.07 Å². The number of nitrogens with zero attached hydrogens (tertiary/aromatic N) is 3. The van der Waals surface area contributed by atoms with E-state index in [4.69, 9.17) is 0 Å². The lowest BCUT2D eigenvalue weighted by Crippen LogP contribution is -2.31. The van der Waals surface area contributed by atoms with Crippen LogP contribution >= 0.6 is 0 Å². The minimum atomic E-state index is -0.787. The van der Waals surface area contributed by atoms with E-state index in [1.54, 1.807) is 18.2 Å². The van der Waals surface area contributed by atoms with Gasteiger partial charge < -0.3 is 9.97 Å². The molecule has 2 aromatic heterocycles. The summed E-state index contributed by atoms with van der Waals surface area (Å²) in [5, 5.41) is 12.2. The SMILES string of the molecule is O=c1[nH]c2cc(N(c3ccccn3)[N+](=O)[O-])c3c(c2[nH]c1=O)CCCC3. The Kier molecular flexibility index (Phi) is 3.76. The minimum absolute atomic E-state index is 0.177. The molecule has 1 aliphatic carbocycles. The fourth-order valence-corrected chi connectivity index (χ4v) is 3.48. The zero-order valence-electron chi connectivity index (χ0n) is 13.7. The van der Waals surface area contributed by atoms with Gasteiger partial charge in [-0.2, -0.15) is 0 Å². The summed E-state index contributed by atoms with van der Waals surface area (Å²) >= 11 is 0. The molecule has 2 N–H and O–H groups in total. The number of anilines is 2. The van der Waals surface area contributed by atoms with Crippen molar-refractivity contribution in [2.45, 2.75) is 25.7 Å². The molecule has 0 radical (unpaired) electrons. The Balaban J connectivity index is 2.05. The second kappa shape index (κ2) is 6.10. The number of pyridine rings is 1. The predicted octanol–water partition coefficient (Wildman–Crippen LogP) is 1.82. The summed E-state index contributed by atoms with van der Waals surface area (Å²) in [6, 6.07) is 6.44. The Bertz CT molecular complexity index is 1120. The van der Waals surface area contributed by atoms with Crippen molar-refractivity contribution in [3.63, 3.8) is 0 Å². The van der Waals surface area contributed by atoms with Crippen LogP contribution in [0.4, 0.5) is 11.5 Å². The first-order valence-corrected chi connectivity index (χ1v) is 8.23. The monoisotopic (exact) mass is 353 g/mol. The lowest BCUT2D eigenvalue weighted by atomic mass is 9.89. The molecule has 1 aliphatic rings. The number of aromatic amines is 2. The summed E-state index contributed by atoms with van der Waals surface area (Å²) in [6.07, 6.45) is 4.62. The summed E-state index contributed by atoms with van der Waals surface area (Å²) in [7, 11) is 0. The molecule has 0 saturated carbocycles. The maximum atomic E-state index is 11.8. The van der Waals surface area contributed by atoms with Gasteiger partial charge in [-0.3, -0.25) is 9.59 Å². The standard InChI is InChI=1S/C17H15N5O4/c23-16-17(24)20-15-11-6-2-1-5-10(11)13(9-12(15)19-16)21(22(25)26)14-7-3-4-8-18-14/h3-4,7-9H,1-2,5-6H2,(H,19,23)(H,20,24). The van der Waals surface area contributed by atoms with Crippen molar-refractivity contribution in [3.05, 3.63) is 72.4 Å². The number of nitrogens with one attached hydrogen (secondary N) is 2. The third-order valence-corrected chi connectivity index (χ3v) is 4.58. The van der Waals surface area contributed by atoms with Gasteiger partial charge in [0.1, 0.15) is 5.69 Å². The third-order valence-electron chi connectivity index (χ3n) is 4.58. The second-order valence-electron chi connectivity index (χ2n) is 6.13. The number of nitro groups is 1. The van der Waals surface area contributed by atoms with Gasteiger partial charge >= 0.3 is 11.1 Å². The maximum absolute atomic E-state index is 11.8. The largest absolute Gasteiger partial charge is 0.316 e. The Morgan fingerprint density at radius 3 is 2.50 bits per heavy atom. The van der Waals surface area contributed by atoms with Crippen LogP contribution in [0.15, 0.2) is 40.1 Å². The summed E-state index contributed by atoms with van der Waals surface area (Å²) in [4.78, 5) is 44.5. The van der Waals surface area contributed by atoms with Gasteiger partial charge in [0.25, 0.3) is 0 Å². The van der Waals surface area contributed by atoms with Crippen LogP contribution in [0.2, 0.25) is 0 Å². The van der Waals surface area contributed by atoms with Crippen LogP contribution in [0.3, 0.4) is 0 Å². The Morgan fingerprint density at radius 2 is 1.81 bits per heavy atom. The summed E-state index contributed by atoms with van der Waals surface area (Å²) < 4.78 is 0. The van der Waals surface area contributed by atoms with Gasteiger partial charge in [0.15, 0.2) is 10.9 Å². The number of hydrogen-bond donors (Lipinski definition) is 2. The minimum Gasteiger partial charge on any atom is -0.316 e. The lowest BCUT2D eigenvalue weighted by molar-refractivity contribution is -0.483. The molecule has 3 aromatic rings. The van der Waals surface area contributed by atoms with E-state index in [1.807, 2.05) is 0 Å². The molecule has 0 unspecified atom stereocenters. The number of aromatic nitrogens is 3. The highest BCUT2D eigenvalue weighted by Crippen LogP contribution is 2.37. The number of hydrazine groups is 1. The summed E-state index contributed by atoms with van der Waals surface area (Å²) in [5.41, 5.74) is 1.39.